The van der Waals surface area contributed by atoms with Crippen LogP contribution in [0.3, 0.4) is 0 Å². The minimum Gasteiger partial charge on any atom is -0.352 e. The van der Waals surface area contributed by atoms with E-state index in [0.29, 0.717) is 5.56 Å². The van der Waals surface area contributed by atoms with Crippen molar-refractivity contribution in [1.82, 2.24) is 10.2 Å². The zero-order valence-corrected chi connectivity index (χ0v) is 12.2. The van der Waals surface area contributed by atoms with Crippen LogP contribution in [0.25, 0.3) is 0 Å². The molecule has 0 aromatic heterocycles. The average Bonchev–Trinajstić information content (AvgIpc) is 2.71. The third kappa shape index (κ3) is 3.30. The lowest BCUT2D eigenvalue weighted by Crippen LogP contribution is -2.41. The molecule has 1 aromatic carbocycles. The first-order chi connectivity index (χ1) is 9.49. The predicted molar refractivity (Wildman–Crippen MR) is 76.6 cm³/mol. The molecule has 1 unspecified atom stereocenters. The van der Waals surface area contributed by atoms with Crippen LogP contribution in [0.1, 0.15) is 24.8 Å². The Kier molecular flexibility index (Phi) is 4.65. The van der Waals surface area contributed by atoms with Gasteiger partial charge in [0, 0.05) is 11.6 Å². The summed E-state index contributed by atoms with van der Waals surface area (Å²) in [6, 6.07) is 6.37. The lowest BCUT2D eigenvalue weighted by atomic mass is 10.2. The minimum atomic E-state index is -0.429. The maximum atomic E-state index is 13.8. The van der Waals surface area contributed by atoms with Crippen LogP contribution < -0.4 is 5.32 Å². The largest absolute Gasteiger partial charge is 0.352 e. The van der Waals surface area contributed by atoms with Gasteiger partial charge in [0.15, 0.2) is 0 Å². The van der Waals surface area contributed by atoms with Gasteiger partial charge in [-0.3, -0.25) is 9.59 Å². The van der Waals surface area contributed by atoms with Crippen molar-refractivity contribution in [2.24, 2.45) is 0 Å². The van der Waals surface area contributed by atoms with E-state index in [-0.39, 0.29) is 36.0 Å². The molecule has 6 heteroatoms. The number of rotatable bonds is 4. The molecule has 20 heavy (non-hydrogen) atoms. The summed E-state index contributed by atoms with van der Waals surface area (Å²) < 4.78 is 13.8. The van der Waals surface area contributed by atoms with Crippen molar-refractivity contribution in [2.75, 3.05) is 12.3 Å². The van der Waals surface area contributed by atoms with E-state index in [9.17, 15) is 14.0 Å². The van der Waals surface area contributed by atoms with Gasteiger partial charge in [0.1, 0.15) is 17.7 Å². The van der Waals surface area contributed by atoms with Gasteiger partial charge in [-0.15, -0.1) is 11.8 Å². The number of benzene rings is 1. The van der Waals surface area contributed by atoms with Crippen molar-refractivity contribution in [3.63, 3.8) is 0 Å². The molecule has 1 aromatic rings. The molecule has 1 aliphatic rings. The van der Waals surface area contributed by atoms with Crippen molar-refractivity contribution in [1.29, 1.82) is 0 Å². The van der Waals surface area contributed by atoms with E-state index in [1.165, 1.54) is 22.7 Å². The van der Waals surface area contributed by atoms with Crippen LogP contribution >= 0.6 is 11.8 Å². The fraction of sp³-hybridized carbons (Fsp3) is 0.429. The van der Waals surface area contributed by atoms with Crippen LogP contribution in [-0.4, -0.2) is 35.1 Å². The van der Waals surface area contributed by atoms with Crippen LogP contribution in [0.5, 0.6) is 0 Å². The van der Waals surface area contributed by atoms with Crippen molar-refractivity contribution in [3.8, 4) is 0 Å². The predicted octanol–water partition coefficient (Wildman–Crippen LogP) is 1.92. The highest BCUT2D eigenvalue weighted by Gasteiger charge is 2.35. The Labute approximate surface area is 121 Å². The van der Waals surface area contributed by atoms with Crippen molar-refractivity contribution in [2.45, 2.75) is 25.3 Å². The van der Waals surface area contributed by atoms with E-state index in [1.807, 2.05) is 13.8 Å². The van der Waals surface area contributed by atoms with Gasteiger partial charge in [-0.25, -0.2) is 4.39 Å². The zero-order valence-electron chi connectivity index (χ0n) is 11.4. The number of halogens is 1. The highest BCUT2D eigenvalue weighted by molar-refractivity contribution is 8.00. The second kappa shape index (κ2) is 6.26. The number of hydrogen-bond donors (Lipinski definition) is 1. The Balaban J connectivity index is 2.15. The summed E-state index contributed by atoms with van der Waals surface area (Å²) >= 11 is 1.34. The van der Waals surface area contributed by atoms with Crippen LogP contribution in [0.4, 0.5) is 4.39 Å². The van der Waals surface area contributed by atoms with Gasteiger partial charge in [0.25, 0.3) is 0 Å². The van der Waals surface area contributed by atoms with Gasteiger partial charge < -0.3 is 10.2 Å². The molecule has 2 rings (SSSR count). The number of carbonyl (C=O) groups excluding carboxylic acids is 2. The monoisotopic (exact) mass is 296 g/mol. The molecular formula is C14H17FN2O2S. The van der Waals surface area contributed by atoms with E-state index >= 15 is 0 Å². The standard InChI is InChI=1S/C14H17FN2O2S/c1-9(2)16-12(18)7-17-13(19)8-20-14(17)10-5-3-4-6-11(10)15/h3-6,9,14H,7-8H2,1-2H3,(H,16,18). The molecule has 1 N–H and O–H groups in total. The fourth-order valence-electron chi connectivity index (χ4n) is 2.08. The molecule has 0 bridgehead atoms. The van der Waals surface area contributed by atoms with Crippen LogP contribution in [0.2, 0.25) is 0 Å². The highest BCUT2D eigenvalue weighted by Crippen LogP contribution is 2.39. The second-order valence-electron chi connectivity index (χ2n) is 4.93. The first-order valence-electron chi connectivity index (χ1n) is 6.44. The molecule has 2 amide bonds. The number of nitrogens with one attached hydrogen (secondary N) is 1. The zero-order chi connectivity index (χ0) is 14.7. The average molecular weight is 296 g/mol. The molecule has 1 saturated heterocycles. The Morgan fingerprint density at radius 1 is 1.50 bits per heavy atom. The molecule has 1 atom stereocenters. The molecule has 0 spiro atoms. The van der Waals surface area contributed by atoms with Gasteiger partial charge in [-0.05, 0) is 19.9 Å². The van der Waals surface area contributed by atoms with Crippen LogP contribution in [0.15, 0.2) is 24.3 Å². The van der Waals surface area contributed by atoms with Crippen molar-refractivity contribution < 1.29 is 14.0 Å². The third-order valence-electron chi connectivity index (χ3n) is 2.90. The molecular weight excluding hydrogens is 279 g/mol. The summed E-state index contributed by atoms with van der Waals surface area (Å²) in [5.41, 5.74) is 0.445. The molecule has 4 nitrogen and oxygen atoms in total. The number of hydrogen-bond acceptors (Lipinski definition) is 3. The molecule has 108 valence electrons. The maximum Gasteiger partial charge on any atom is 0.239 e. The van der Waals surface area contributed by atoms with E-state index < -0.39 is 5.37 Å². The molecule has 1 aliphatic heterocycles. The summed E-state index contributed by atoms with van der Waals surface area (Å²) in [5.74, 6) is -0.443. The second-order valence-corrected chi connectivity index (χ2v) is 6.00. The van der Waals surface area contributed by atoms with Gasteiger partial charge in [0.2, 0.25) is 11.8 Å². The van der Waals surface area contributed by atoms with Gasteiger partial charge in [-0.2, -0.15) is 0 Å². The molecule has 1 fully saturated rings. The summed E-state index contributed by atoms with van der Waals surface area (Å²) in [6.45, 7) is 3.67. The lowest BCUT2D eigenvalue weighted by Gasteiger charge is -2.24. The number of thioether (sulfide) groups is 1. The smallest absolute Gasteiger partial charge is 0.239 e. The Morgan fingerprint density at radius 2 is 2.20 bits per heavy atom. The molecule has 1 heterocycles. The fourth-order valence-corrected chi connectivity index (χ4v) is 3.29. The van der Waals surface area contributed by atoms with E-state index in [4.69, 9.17) is 0 Å². The van der Waals surface area contributed by atoms with E-state index in [0.717, 1.165) is 0 Å². The number of carbonyl (C=O) groups is 2. The van der Waals surface area contributed by atoms with E-state index in [2.05, 4.69) is 5.32 Å². The van der Waals surface area contributed by atoms with Crippen molar-refractivity contribution in [3.05, 3.63) is 35.6 Å². The normalized spacial score (nSPS) is 18.7. The summed E-state index contributed by atoms with van der Waals surface area (Å²) in [5, 5.41) is 2.31. The lowest BCUT2D eigenvalue weighted by molar-refractivity contribution is -0.134. The van der Waals surface area contributed by atoms with Gasteiger partial charge in [0.05, 0.1) is 5.75 Å². The SMILES string of the molecule is CC(C)NC(=O)CN1C(=O)CSC1c1ccccc1F. The quantitative estimate of drug-likeness (QED) is 0.923. The van der Waals surface area contributed by atoms with Gasteiger partial charge >= 0.3 is 0 Å². The first kappa shape index (κ1) is 14.8. The molecule has 0 aliphatic carbocycles. The number of amides is 2. The Hall–Kier alpha value is -1.56. The number of nitrogens with zero attached hydrogens (tertiary/aromatic N) is 1. The maximum absolute atomic E-state index is 13.8. The first-order valence-corrected chi connectivity index (χ1v) is 7.48. The summed E-state index contributed by atoms with van der Waals surface area (Å²) in [7, 11) is 0. The van der Waals surface area contributed by atoms with E-state index in [1.54, 1.807) is 18.2 Å². The molecule has 0 saturated carbocycles. The van der Waals surface area contributed by atoms with Crippen LogP contribution in [-0.2, 0) is 9.59 Å². The van der Waals surface area contributed by atoms with Gasteiger partial charge in [-0.1, -0.05) is 18.2 Å². The van der Waals surface area contributed by atoms with Crippen LogP contribution in [0, 0.1) is 5.82 Å². The minimum absolute atomic E-state index is 0.0137. The Morgan fingerprint density at radius 3 is 2.85 bits per heavy atom. The summed E-state index contributed by atoms with van der Waals surface area (Å²) in [4.78, 5) is 25.1. The topological polar surface area (TPSA) is 49.4 Å². The third-order valence-corrected chi connectivity index (χ3v) is 4.14. The van der Waals surface area contributed by atoms with Crippen molar-refractivity contribution >= 4 is 23.6 Å². The Bertz CT molecular complexity index is 522. The molecule has 0 radical (unpaired) electrons. The highest BCUT2D eigenvalue weighted by atomic mass is 32.2. The summed E-state index contributed by atoms with van der Waals surface area (Å²) in [6.07, 6.45) is 0.